The molecule has 142 valence electrons. The molecule has 5 fully saturated rings. The van der Waals surface area contributed by atoms with Gasteiger partial charge in [-0.05, 0) is 118 Å². The molecule has 2 N–H and O–H groups in total. The zero-order chi connectivity index (χ0) is 16.8. The lowest BCUT2D eigenvalue weighted by Gasteiger charge is -2.57. The van der Waals surface area contributed by atoms with E-state index in [1.807, 2.05) is 0 Å². The van der Waals surface area contributed by atoms with Crippen molar-refractivity contribution in [3.63, 3.8) is 0 Å². The van der Waals surface area contributed by atoms with Crippen molar-refractivity contribution in [2.45, 2.75) is 102 Å². The van der Waals surface area contributed by atoms with Gasteiger partial charge in [-0.25, -0.2) is 0 Å². The molecule has 0 aliphatic heterocycles. The van der Waals surface area contributed by atoms with Crippen molar-refractivity contribution in [1.82, 2.24) is 0 Å². The van der Waals surface area contributed by atoms with Crippen LogP contribution in [0.2, 0.25) is 0 Å². The van der Waals surface area contributed by atoms with Crippen LogP contribution in [0.25, 0.3) is 0 Å². The highest BCUT2D eigenvalue weighted by Crippen LogP contribution is 2.59. The first kappa shape index (κ1) is 17.1. The standard InChI is InChI=1S/C24H41N/c25-18-11-8-17(9-12-18)20-6-3-7-21-22(20)14-15-23-19-5-2-1-4-16(19)10-13-24(21)23/h16-24H,1-15,25H2. The summed E-state index contributed by atoms with van der Waals surface area (Å²) in [6.45, 7) is 0. The summed E-state index contributed by atoms with van der Waals surface area (Å²) in [6, 6.07) is 0.521. The van der Waals surface area contributed by atoms with Gasteiger partial charge in [-0.2, -0.15) is 0 Å². The van der Waals surface area contributed by atoms with Gasteiger partial charge in [-0.1, -0.05) is 25.7 Å². The van der Waals surface area contributed by atoms with Gasteiger partial charge in [0.2, 0.25) is 0 Å². The fourth-order valence-corrected chi connectivity index (χ4v) is 8.89. The maximum atomic E-state index is 6.21. The molecule has 0 spiro atoms. The summed E-state index contributed by atoms with van der Waals surface area (Å²) < 4.78 is 0. The van der Waals surface area contributed by atoms with E-state index < -0.39 is 0 Å². The van der Waals surface area contributed by atoms with Crippen LogP contribution in [-0.4, -0.2) is 6.04 Å². The van der Waals surface area contributed by atoms with Crippen molar-refractivity contribution < 1.29 is 0 Å². The first-order chi connectivity index (χ1) is 12.3. The third-order valence-corrected chi connectivity index (χ3v) is 9.92. The zero-order valence-electron chi connectivity index (χ0n) is 16.4. The van der Waals surface area contributed by atoms with Crippen LogP contribution in [0.5, 0.6) is 0 Å². The molecular formula is C24H41N. The minimum absolute atomic E-state index is 0.521. The molecule has 1 nitrogen and oxygen atoms in total. The van der Waals surface area contributed by atoms with Crippen molar-refractivity contribution in [1.29, 1.82) is 0 Å². The summed E-state index contributed by atoms with van der Waals surface area (Å²) in [5.41, 5.74) is 6.21. The molecule has 7 atom stereocenters. The number of nitrogens with two attached hydrogens (primary N) is 1. The molecule has 5 aliphatic rings. The Morgan fingerprint density at radius 2 is 0.800 bits per heavy atom. The summed E-state index contributed by atoms with van der Waals surface area (Å²) in [5, 5.41) is 0. The highest BCUT2D eigenvalue weighted by molar-refractivity contribution is 5.00. The van der Waals surface area contributed by atoms with Crippen LogP contribution in [0.3, 0.4) is 0 Å². The van der Waals surface area contributed by atoms with E-state index in [9.17, 15) is 0 Å². The van der Waals surface area contributed by atoms with Crippen molar-refractivity contribution in [2.75, 3.05) is 0 Å². The lowest BCUT2D eigenvalue weighted by molar-refractivity contribution is -0.0700. The van der Waals surface area contributed by atoms with Crippen molar-refractivity contribution >= 4 is 0 Å². The molecule has 5 aliphatic carbocycles. The van der Waals surface area contributed by atoms with Gasteiger partial charge in [0, 0.05) is 6.04 Å². The first-order valence-electron chi connectivity index (χ1n) is 12.1. The largest absolute Gasteiger partial charge is 0.328 e. The number of rotatable bonds is 1. The summed E-state index contributed by atoms with van der Waals surface area (Å²) in [4.78, 5) is 0. The van der Waals surface area contributed by atoms with Gasteiger partial charge in [0.1, 0.15) is 0 Å². The van der Waals surface area contributed by atoms with Crippen molar-refractivity contribution in [3.05, 3.63) is 0 Å². The molecule has 0 radical (unpaired) electrons. The predicted molar refractivity (Wildman–Crippen MR) is 105 cm³/mol. The van der Waals surface area contributed by atoms with Crippen LogP contribution < -0.4 is 5.73 Å². The van der Waals surface area contributed by atoms with Crippen LogP contribution in [-0.2, 0) is 0 Å². The average Bonchev–Trinajstić information content (AvgIpc) is 2.67. The molecule has 0 aromatic carbocycles. The number of hydrogen-bond donors (Lipinski definition) is 1. The molecule has 0 bridgehead atoms. The smallest absolute Gasteiger partial charge is 0.00390 e. The summed E-state index contributed by atoms with van der Waals surface area (Å²) in [6.07, 6.45) is 22.9. The maximum Gasteiger partial charge on any atom is 0.00390 e. The molecule has 0 heterocycles. The van der Waals surface area contributed by atoms with Gasteiger partial charge in [0.05, 0.1) is 0 Å². The topological polar surface area (TPSA) is 26.0 Å². The van der Waals surface area contributed by atoms with E-state index in [-0.39, 0.29) is 0 Å². The third kappa shape index (κ3) is 3.11. The van der Waals surface area contributed by atoms with E-state index in [2.05, 4.69) is 0 Å². The molecule has 5 rings (SSSR count). The van der Waals surface area contributed by atoms with E-state index in [1.165, 1.54) is 32.1 Å². The number of fused-ring (bicyclic) bond motifs is 5. The summed E-state index contributed by atoms with van der Waals surface area (Å²) >= 11 is 0. The Kier molecular flexibility index (Phi) is 4.90. The van der Waals surface area contributed by atoms with Gasteiger partial charge in [-0.15, -0.1) is 0 Å². The molecule has 0 aromatic rings. The van der Waals surface area contributed by atoms with Gasteiger partial charge >= 0.3 is 0 Å². The van der Waals surface area contributed by atoms with Crippen LogP contribution >= 0.6 is 0 Å². The Morgan fingerprint density at radius 1 is 0.360 bits per heavy atom. The molecule has 5 saturated carbocycles. The fourth-order valence-electron chi connectivity index (χ4n) is 8.89. The Morgan fingerprint density at radius 3 is 1.56 bits per heavy atom. The molecular weight excluding hydrogens is 302 g/mol. The van der Waals surface area contributed by atoms with E-state index in [1.54, 1.807) is 64.2 Å². The third-order valence-electron chi connectivity index (χ3n) is 9.92. The molecule has 0 saturated heterocycles. The SMILES string of the molecule is NC1CCC(C2CCCC3C2CCC2C4CCCCC4CCC23)CC1. The normalized spacial score (nSPS) is 53.4. The fraction of sp³-hybridized carbons (Fsp3) is 1.00. The molecule has 25 heavy (non-hydrogen) atoms. The highest BCUT2D eigenvalue weighted by atomic mass is 14.6. The van der Waals surface area contributed by atoms with Gasteiger partial charge in [0.15, 0.2) is 0 Å². The van der Waals surface area contributed by atoms with E-state index in [4.69, 9.17) is 5.73 Å². The van der Waals surface area contributed by atoms with Gasteiger partial charge in [-0.3, -0.25) is 0 Å². The van der Waals surface area contributed by atoms with Crippen LogP contribution in [0, 0.1) is 47.3 Å². The van der Waals surface area contributed by atoms with E-state index in [0.29, 0.717) is 6.04 Å². The minimum atomic E-state index is 0.521. The molecule has 0 aromatic heterocycles. The van der Waals surface area contributed by atoms with Crippen LogP contribution in [0.1, 0.15) is 96.3 Å². The zero-order valence-corrected chi connectivity index (χ0v) is 16.4. The summed E-state index contributed by atoms with van der Waals surface area (Å²) in [5.74, 6) is 8.88. The van der Waals surface area contributed by atoms with Crippen molar-refractivity contribution in [2.24, 2.45) is 53.1 Å². The lowest BCUT2D eigenvalue weighted by Crippen LogP contribution is -2.48. The van der Waals surface area contributed by atoms with Crippen LogP contribution in [0.4, 0.5) is 0 Å². The highest BCUT2D eigenvalue weighted by Gasteiger charge is 2.50. The Labute approximate surface area is 155 Å². The number of hydrogen-bond acceptors (Lipinski definition) is 1. The van der Waals surface area contributed by atoms with Gasteiger partial charge < -0.3 is 5.73 Å². The minimum Gasteiger partial charge on any atom is -0.328 e. The van der Waals surface area contributed by atoms with E-state index in [0.717, 1.165) is 47.3 Å². The molecule has 7 unspecified atom stereocenters. The Bertz CT molecular complexity index is 451. The quantitative estimate of drug-likeness (QED) is 0.606. The first-order valence-corrected chi connectivity index (χ1v) is 12.1. The second-order valence-corrected chi connectivity index (χ2v) is 10.8. The summed E-state index contributed by atoms with van der Waals surface area (Å²) in [7, 11) is 0. The maximum absolute atomic E-state index is 6.21. The second-order valence-electron chi connectivity index (χ2n) is 10.8. The second kappa shape index (κ2) is 7.17. The van der Waals surface area contributed by atoms with Crippen molar-refractivity contribution in [3.8, 4) is 0 Å². The van der Waals surface area contributed by atoms with Gasteiger partial charge in [0.25, 0.3) is 0 Å². The van der Waals surface area contributed by atoms with Crippen LogP contribution in [0.15, 0.2) is 0 Å². The Hall–Kier alpha value is -0.0400. The van der Waals surface area contributed by atoms with E-state index >= 15 is 0 Å². The lowest BCUT2D eigenvalue weighted by atomic mass is 9.49. The predicted octanol–water partition coefficient (Wildman–Crippen LogP) is 6.16. The Balaban J connectivity index is 1.31. The monoisotopic (exact) mass is 343 g/mol. The molecule has 0 amide bonds. The average molecular weight is 344 g/mol. The molecule has 1 heteroatoms.